The van der Waals surface area contributed by atoms with Crippen molar-refractivity contribution in [1.82, 2.24) is 15.0 Å². The minimum absolute atomic E-state index is 0.0512. The smallest absolute Gasteiger partial charge is 0.257 e. The Kier molecular flexibility index (Phi) is 3.36. The fourth-order valence-electron chi connectivity index (χ4n) is 3.56. The lowest BCUT2D eigenvalue weighted by molar-refractivity contribution is -0.0830. The molecule has 2 bridgehead atoms. The van der Waals surface area contributed by atoms with Gasteiger partial charge in [0, 0.05) is 31.1 Å². The van der Waals surface area contributed by atoms with Gasteiger partial charge in [0.05, 0.1) is 5.39 Å². The van der Waals surface area contributed by atoms with Crippen molar-refractivity contribution in [2.75, 3.05) is 18.0 Å². The molecule has 3 heterocycles. The Hall–Kier alpha value is -1.34. The van der Waals surface area contributed by atoms with Crippen molar-refractivity contribution in [3.63, 3.8) is 0 Å². The molecule has 1 aliphatic carbocycles. The zero-order valence-electron chi connectivity index (χ0n) is 11.7. The Bertz CT molecular complexity index is 785. The number of piperidine rings is 1. The van der Waals surface area contributed by atoms with Crippen LogP contribution in [-0.2, 0) is 0 Å². The zero-order chi connectivity index (χ0) is 16.4. The first-order valence-corrected chi connectivity index (χ1v) is 7.93. The Morgan fingerprint density at radius 2 is 1.78 bits per heavy atom. The number of nitrogens with zero attached hydrogens (tertiary/aromatic N) is 4. The molecule has 1 saturated carbocycles. The van der Waals surface area contributed by atoms with E-state index in [1.807, 2.05) is 0 Å². The number of anilines is 1. The number of halogens is 5. The van der Waals surface area contributed by atoms with Gasteiger partial charge in [0.15, 0.2) is 11.0 Å². The molecule has 0 N–H and O–H groups in total. The molecule has 1 saturated heterocycles. The average Bonchev–Trinajstić information content (AvgIpc) is 2.69. The number of alkyl halides is 2. The Labute approximate surface area is 139 Å². The number of rotatable bonds is 1. The highest BCUT2D eigenvalue weighted by atomic mass is 35.5. The minimum Gasteiger partial charge on any atom is -0.355 e. The van der Waals surface area contributed by atoms with Crippen molar-refractivity contribution in [2.45, 2.75) is 18.8 Å². The van der Waals surface area contributed by atoms with Crippen LogP contribution in [0.5, 0.6) is 0 Å². The largest absolute Gasteiger partial charge is 0.355 e. The third kappa shape index (κ3) is 2.24. The minimum atomic E-state index is -2.66. The van der Waals surface area contributed by atoms with Gasteiger partial charge in [0.1, 0.15) is 11.3 Å². The van der Waals surface area contributed by atoms with Crippen molar-refractivity contribution >= 4 is 39.9 Å². The maximum Gasteiger partial charge on any atom is 0.257 e. The second-order valence-electron chi connectivity index (χ2n) is 5.99. The van der Waals surface area contributed by atoms with Crippen LogP contribution in [0.15, 0.2) is 6.20 Å². The average molecular weight is 363 g/mol. The number of hydrogen-bond acceptors (Lipinski definition) is 4. The summed E-state index contributed by atoms with van der Waals surface area (Å²) >= 11 is 11.6. The van der Waals surface area contributed by atoms with Crippen molar-refractivity contribution < 1.29 is 13.2 Å². The monoisotopic (exact) mass is 362 g/mol. The van der Waals surface area contributed by atoms with E-state index in [-0.39, 0.29) is 29.0 Å². The maximum absolute atomic E-state index is 14.1. The van der Waals surface area contributed by atoms with Gasteiger partial charge in [-0.1, -0.05) is 11.6 Å². The van der Waals surface area contributed by atoms with E-state index in [4.69, 9.17) is 23.2 Å². The summed E-state index contributed by atoms with van der Waals surface area (Å²) in [6.07, 6.45) is 2.30. The van der Waals surface area contributed by atoms with E-state index in [1.54, 1.807) is 4.90 Å². The first kappa shape index (κ1) is 15.2. The fraction of sp³-hybridized carbons (Fsp3) is 0.500. The summed E-state index contributed by atoms with van der Waals surface area (Å²) in [6, 6.07) is 0. The van der Waals surface area contributed by atoms with Gasteiger partial charge in [0.2, 0.25) is 5.28 Å². The summed E-state index contributed by atoms with van der Waals surface area (Å²) in [5.41, 5.74) is -0.0512. The topological polar surface area (TPSA) is 41.9 Å². The highest BCUT2D eigenvalue weighted by Crippen LogP contribution is 2.49. The normalized spacial score (nSPS) is 26.0. The van der Waals surface area contributed by atoms with Gasteiger partial charge in [-0.2, -0.15) is 4.98 Å². The Morgan fingerprint density at radius 1 is 1.13 bits per heavy atom. The molecule has 2 fully saturated rings. The fourth-order valence-corrected chi connectivity index (χ4v) is 3.86. The number of pyridine rings is 1. The Morgan fingerprint density at radius 3 is 2.43 bits per heavy atom. The third-order valence-electron chi connectivity index (χ3n) is 4.73. The molecule has 2 unspecified atom stereocenters. The highest BCUT2D eigenvalue weighted by Gasteiger charge is 2.56. The SMILES string of the molecule is Fc1c(Cl)ncc2c(N3CC4CCC(C3)C4(F)F)nc(Cl)nc12. The molecule has 23 heavy (non-hydrogen) atoms. The molecule has 4 nitrogen and oxygen atoms in total. The van der Waals surface area contributed by atoms with E-state index in [0.717, 1.165) is 0 Å². The van der Waals surface area contributed by atoms with Crippen LogP contribution in [0, 0.1) is 17.7 Å². The number of hydrogen-bond donors (Lipinski definition) is 0. The van der Waals surface area contributed by atoms with Crippen molar-refractivity contribution in [3.8, 4) is 0 Å². The molecular weight excluding hydrogens is 352 g/mol. The predicted molar refractivity (Wildman–Crippen MR) is 80.7 cm³/mol. The van der Waals surface area contributed by atoms with Gasteiger partial charge in [-0.15, -0.1) is 0 Å². The molecule has 9 heteroatoms. The van der Waals surface area contributed by atoms with Crippen LogP contribution in [0.25, 0.3) is 10.9 Å². The van der Waals surface area contributed by atoms with Crippen LogP contribution in [0.3, 0.4) is 0 Å². The van der Waals surface area contributed by atoms with E-state index in [1.165, 1.54) is 6.20 Å². The molecule has 2 atom stereocenters. The molecule has 0 amide bonds. The first-order valence-electron chi connectivity index (χ1n) is 7.18. The van der Waals surface area contributed by atoms with E-state index in [0.29, 0.717) is 24.0 Å². The van der Waals surface area contributed by atoms with Crippen molar-refractivity contribution in [1.29, 1.82) is 0 Å². The molecule has 0 aromatic carbocycles. The predicted octanol–water partition coefficient (Wildman–Crippen LogP) is 3.95. The molecule has 122 valence electrons. The lowest BCUT2D eigenvalue weighted by Crippen LogP contribution is -2.49. The van der Waals surface area contributed by atoms with Crippen LogP contribution < -0.4 is 4.90 Å². The summed E-state index contributed by atoms with van der Waals surface area (Å²) in [5, 5.41) is -0.150. The lowest BCUT2D eigenvalue weighted by atomic mass is 9.93. The van der Waals surface area contributed by atoms with E-state index < -0.39 is 23.6 Å². The first-order chi connectivity index (χ1) is 10.9. The van der Waals surface area contributed by atoms with Crippen molar-refractivity contribution in [3.05, 3.63) is 22.5 Å². The van der Waals surface area contributed by atoms with Crippen LogP contribution in [0.4, 0.5) is 19.0 Å². The van der Waals surface area contributed by atoms with E-state index in [2.05, 4.69) is 15.0 Å². The summed E-state index contributed by atoms with van der Waals surface area (Å²) < 4.78 is 42.3. The standard InChI is InChI=1S/C14H11Cl2F3N4/c15-11-9(17)10-8(3-20-11)12(22-13(16)21-10)23-4-6-1-2-7(5-23)14(6,18)19/h3,6-7H,1-2,4-5H2. The molecule has 4 rings (SSSR count). The second-order valence-corrected chi connectivity index (χ2v) is 6.69. The van der Waals surface area contributed by atoms with Crippen LogP contribution in [0.1, 0.15) is 12.8 Å². The lowest BCUT2D eigenvalue weighted by Gasteiger charge is -2.38. The van der Waals surface area contributed by atoms with Crippen LogP contribution in [-0.4, -0.2) is 34.0 Å². The van der Waals surface area contributed by atoms with Gasteiger partial charge >= 0.3 is 0 Å². The molecule has 2 aliphatic rings. The zero-order valence-corrected chi connectivity index (χ0v) is 13.3. The van der Waals surface area contributed by atoms with Gasteiger partial charge in [0.25, 0.3) is 5.92 Å². The van der Waals surface area contributed by atoms with Gasteiger partial charge in [-0.25, -0.2) is 23.1 Å². The highest BCUT2D eigenvalue weighted by molar-refractivity contribution is 6.30. The molecule has 2 aromatic heterocycles. The van der Waals surface area contributed by atoms with Crippen LogP contribution in [0.2, 0.25) is 10.4 Å². The van der Waals surface area contributed by atoms with Crippen molar-refractivity contribution in [2.24, 2.45) is 11.8 Å². The van der Waals surface area contributed by atoms with Gasteiger partial charge in [-0.05, 0) is 24.4 Å². The molecule has 0 spiro atoms. The Balaban J connectivity index is 1.83. The van der Waals surface area contributed by atoms with Gasteiger partial charge < -0.3 is 4.90 Å². The molecule has 1 aliphatic heterocycles. The summed E-state index contributed by atoms with van der Waals surface area (Å²) in [7, 11) is 0. The van der Waals surface area contributed by atoms with E-state index in [9.17, 15) is 13.2 Å². The van der Waals surface area contributed by atoms with Crippen LogP contribution >= 0.6 is 23.2 Å². The van der Waals surface area contributed by atoms with Gasteiger partial charge in [-0.3, -0.25) is 0 Å². The summed E-state index contributed by atoms with van der Waals surface area (Å²) in [5.74, 6) is -4.57. The molecule has 0 radical (unpaired) electrons. The maximum atomic E-state index is 14.1. The third-order valence-corrected chi connectivity index (χ3v) is 5.16. The summed E-state index contributed by atoms with van der Waals surface area (Å²) in [4.78, 5) is 13.5. The van der Waals surface area contributed by atoms with E-state index >= 15 is 0 Å². The molecule has 2 aromatic rings. The quantitative estimate of drug-likeness (QED) is 0.568. The number of fused-ring (bicyclic) bond motifs is 3. The molecular formula is C14H11Cl2F3N4. The second kappa shape index (κ2) is 5.08. The number of aromatic nitrogens is 3. The summed E-state index contributed by atoms with van der Waals surface area (Å²) in [6.45, 7) is 0.298.